The second-order valence-electron chi connectivity index (χ2n) is 5.84. The number of rotatable bonds is 5. The Labute approximate surface area is 121 Å². The molecule has 1 fully saturated rings. The molecule has 1 saturated heterocycles. The number of carbonyl (C=O) groups is 1. The number of anilines is 1. The van der Waals surface area contributed by atoms with E-state index in [0.717, 1.165) is 18.8 Å². The van der Waals surface area contributed by atoms with Crippen LogP contribution < -0.4 is 15.1 Å². The van der Waals surface area contributed by atoms with E-state index < -0.39 is 0 Å². The van der Waals surface area contributed by atoms with Gasteiger partial charge in [0, 0.05) is 5.69 Å². The molecule has 0 spiro atoms. The van der Waals surface area contributed by atoms with Gasteiger partial charge in [0.05, 0.1) is 6.54 Å². The van der Waals surface area contributed by atoms with Crippen molar-refractivity contribution >= 4 is 11.6 Å². The van der Waals surface area contributed by atoms with Crippen LogP contribution in [0.15, 0.2) is 24.3 Å². The van der Waals surface area contributed by atoms with Crippen molar-refractivity contribution in [1.29, 1.82) is 0 Å². The average molecular weight is 277 g/mol. The maximum Gasteiger partial charge on any atom is 0.279 e. The highest BCUT2D eigenvalue weighted by Crippen LogP contribution is 2.08. The van der Waals surface area contributed by atoms with Crippen molar-refractivity contribution in [1.82, 2.24) is 0 Å². The fraction of sp³-hybridized carbons (Fsp3) is 0.562. The Balaban J connectivity index is 1.75. The van der Waals surface area contributed by atoms with Crippen LogP contribution in [0.2, 0.25) is 0 Å². The van der Waals surface area contributed by atoms with Gasteiger partial charge >= 0.3 is 0 Å². The van der Waals surface area contributed by atoms with Crippen LogP contribution in [0.4, 0.5) is 5.69 Å². The van der Waals surface area contributed by atoms with Crippen LogP contribution in [0, 0.1) is 6.92 Å². The molecule has 0 saturated carbocycles. The van der Waals surface area contributed by atoms with Crippen LogP contribution in [0.5, 0.6) is 0 Å². The smallest absolute Gasteiger partial charge is 0.279 e. The summed E-state index contributed by atoms with van der Waals surface area (Å²) in [5.74, 6) is 0.129. The molecule has 2 rings (SSSR count). The highest BCUT2D eigenvalue weighted by molar-refractivity contribution is 5.91. The van der Waals surface area contributed by atoms with E-state index in [9.17, 15) is 4.79 Å². The van der Waals surface area contributed by atoms with Crippen LogP contribution in [-0.2, 0) is 4.79 Å². The van der Waals surface area contributed by atoms with Crippen LogP contribution in [0.1, 0.15) is 18.9 Å². The van der Waals surface area contributed by atoms with E-state index >= 15 is 0 Å². The second-order valence-corrected chi connectivity index (χ2v) is 5.84. The second kappa shape index (κ2) is 7.41. The zero-order valence-corrected chi connectivity index (χ0v) is 12.7. The van der Waals surface area contributed by atoms with Gasteiger partial charge in [-0.3, -0.25) is 4.79 Å². The molecule has 1 aliphatic rings. The molecule has 110 valence electrons. The van der Waals surface area contributed by atoms with Crippen LogP contribution in [0.3, 0.4) is 0 Å². The molecule has 4 nitrogen and oxygen atoms in total. The Morgan fingerprint density at radius 2 is 1.90 bits per heavy atom. The summed E-state index contributed by atoms with van der Waals surface area (Å²) < 4.78 is 0. The summed E-state index contributed by atoms with van der Waals surface area (Å²) in [4.78, 5) is 15.2. The predicted octanol–water partition coefficient (Wildman–Crippen LogP) is -0.873. The van der Waals surface area contributed by atoms with Crippen LogP contribution in [0.25, 0.3) is 0 Å². The number of aryl methyl sites for hydroxylation is 1. The highest BCUT2D eigenvalue weighted by atomic mass is 16.2. The summed E-state index contributed by atoms with van der Waals surface area (Å²) >= 11 is 0. The molecule has 0 aromatic heterocycles. The first kappa shape index (κ1) is 15.0. The third kappa shape index (κ3) is 4.62. The van der Waals surface area contributed by atoms with Crippen molar-refractivity contribution < 1.29 is 14.6 Å². The lowest BCUT2D eigenvalue weighted by Gasteiger charge is -2.29. The van der Waals surface area contributed by atoms with E-state index in [4.69, 9.17) is 0 Å². The first-order valence-electron chi connectivity index (χ1n) is 7.71. The number of piperazine rings is 1. The Morgan fingerprint density at radius 1 is 1.20 bits per heavy atom. The maximum atomic E-state index is 12.1. The van der Waals surface area contributed by atoms with Crippen molar-refractivity contribution in [3.8, 4) is 0 Å². The Morgan fingerprint density at radius 3 is 2.55 bits per heavy atom. The molecule has 1 amide bonds. The summed E-state index contributed by atoms with van der Waals surface area (Å²) in [5, 5.41) is 3.00. The van der Waals surface area contributed by atoms with E-state index in [1.54, 1.807) is 4.90 Å². The van der Waals surface area contributed by atoms with Gasteiger partial charge in [0.2, 0.25) is 0 Å². The lowest BCUT2D eigenvalue weighted by molar-refractivity contribution is -1.01. The number of carbonyl (C=O) groups excluding carboxylic acids is 1. The zero-order chi connectivity index (χ0) is 14.4. The van der Waals surface area contributed by atoms with E-state index in [1.807, 2.05) is 31.2 Å². The van der Waals surface area contributed by atoms with Crippen molar-refractivity contribution in [2.45, 2.75) is 20.3 Å². The SMILES string of the molecule is CCC[NH+]1CC[NH+](CC(=O)Nc2cccc(C)c2)CC1. The van der Waals surface area contributed by atoms with Gasteiger partial charge in [-0.25, -0.2) is 0 Å². The first-order valence-corrected chi connectivity index (χ1v) is 7.71. The molecule has 0 unspecified atom stereocenters. The summed E-state index contributed by atoms with van der Waals surface area (Å²) in [7, 11) is 0. The van der Waals surface area contributed by atoms with Gasteiger partial charge in [-0.2, -0.15) is 0 Å². The van der Waals surface area contributed by atoms with Crippen LogP contribution in [-0.4, -0.2) is 45.2 Å². The van der Waals surface area contributed by atoms with Gasteiger partial charge in [0.1, 0.15) is 26.2 Å². The molecule has 4 heteroatoms. The minimum atomic E-state index is 0.129. The maximum absolute atomic E-state index is 12.1. The van der Waals surface area contributed by atoms with Crippen molar-refractivity contribution in [2.75, 3.05) is 44.6 Å². The number of hydrogen-bond donors (Lipinski definition) is 3. The van der Waals surface area contributed by atoms with E-state index in [0.29, 0.717) is 6.54 Å². The molecule has 1 aromatic carbocycles. The molecule has 20 heavy (non-hydrogen) atoms. The lowest BCUT2D eigenvalue weighted by atomic mass is 10.2. The molecule has 0 bridgehead atoms. The zero-order valence-electron chi connectivity index (χ0n) is 12.7. The molecule has 0 atom stereocenters. The number of hydrogen-bond acceptors (Lipinski definition) is 1. The molecule has 0 radical (unpaired) electrons. The Kier molecular flexibility index (Phi) is 5.56. The minimum absolute atomic E-state index is 0.129. The fourth-order valence-electron chi connectivity index (χ4n) is 2.89. The Hall–Kier alpha value is -1.39. The van der Waals surface area contributed by atoms with Crippen molar-refractivity contribution in [2.24, 2.45) is 0 Å². The molecule has 1 heterocycles. The first-order chi connectivity index (χ1) is 9.67. The fourth-order valence-corrected chi connectivity index (χ4v) is 2.89. The van der Waals surface area contributed by atoms with Gasteiger partial charge in [0.25, 0.3) is 5.91 Å². The molecule has 0 aliphatic carbocycles. The third-order valence-electron chi connectivity index (χ3n) is 3.98. The molecule has 1 aliphatic heterocycles. The standard InChI is InChI=1S/C16H25N3O/c1-3-7-18-8-10-19(11-9-18)13-16(20)17-15-6-4-5-14(2)12-15/h4-6,12H,3,7-11,13H2,1-2H3,(H,17,20)/p+2. The molecular weight excluding hydrogens is 250 g/mol. The highest BCUT2D eigenvalue weighted by Gasteiger charge is 2.23. The summed E-state index contributed by atoms with van der Waals surface area (Å²) in [6.07, 6.45) is 1.25. The van der Waals surface area contributed by atoms with Gasteiger partial charge < -0.3 is 15.1 Å². The van der Waals surface area contributed by atoms with Gasteiger partial charge in [-0.15, -0.1) is 0 Å². The van der Waals surface area contributed by atoms with Crippen LogP contribution >= 0.6 is 0 Å². The number of benzene rings is 1. The summed E-state index contributed by atoms with van der Waals surface area (Å²) in [6.45, 7) is 10.7. The van der Waals surface area contributed by atoms with E-state index in [1.165, 1.54) is 36.5 Å². The molecule has 1 aromatic rings. The number of quaternary nitrogens is 2. The van der Waals surface area contributed by atoms with E-state index in [2.05, 4.69) is 12.2 Å². The van der Waals surface area contributed by atoms with Gasteiger partial charge in [-0.1, -0.05) is 19.1 Å². The van der Waals surface area contributed by atoms with Gasteiger partial charge in [-0.05, 0) is 31.0 Å². The van der Waals surface area contributed by atoms with E-state index in [-0.39, 0.29) is 5.91 Å². The van der Waals surface area contributed by atoms with Crippen molar-refractivity contribution in [3.05, 3.63) is 29.8 Å². The van der Waals surface area contributed by atoms with Gasteiger partial charge in [0.15, 0.2) is 6.54 Å². The average Bonchev–Trinajstić information content (AvgIpc) is 2.41. The predicted molar refractivity (Wildman–Crippen MR) is 81.2 cm³/mol. The number of amides is 1. The lowest BCUT2D eigenvalue weighted by Crippen LogP contribution is -3.28. The third-order valence-corrected chi connectivity index (χ3v) is 3.98. The molecule has 3 N–H and O–H groups in total. The number of nitrogens with one attached hydrogen (secondary N) is 3. The Bertz CT molecular complexity index is 439. The van der Waals surface area contributed by atoms with Crippen molar-refractivity contribution in [3.63, 3.8) is 0 Å². The quantitative estimate of drug-likeness (QED) is 0.643. The minimum Gasteiger partial charge on any atom is -0.326 e. The summed E-state index contributed by atoms with van der Waals surface area (Å²) in [6, 6.07) is 7.97. The topological polar surface area (TPSA) is 38.0 Å². The monoisotopic (exact) mass is 277 g/mol. The summed E-state index contributed by atoms with van der Waals surface area (Å²) in [5.41, 5.74) is 2.08. The normalized spacial score (nSPS) is 22.5. The largest absolute Gasteiger partial charge is 0.326 e. The molecular formula is C16H27N3O+2.